The van der Waals surface area contributed by atoms with Crippen LogP contribution < -0.4 is 10.6 Å². The summed E-state index contributed by atoms with van der Waals surface area (Å²) < 4.78 is 1.86. The fourth-order valence-electron chi connectivity index (χ4n) is 2.71. The summed E-state index contributed by atoms with van der Waals surface area (Å²) in [6.07, 6.45) is 7.13. The fourth-order valence-corrected chi connectivity index (χ4v) is 2.71. The summed E-state index contributed by atoms with van der Waals surface area (Å²) in [6.45, 7) is 1.28. The predicted octanol–water partition coefficient (Wildman–Crippen LogP) is 1.71. The van der Waals surface area contributed by atoms with Gasteiger partial charge in [-0.2, -0.15) is 0 Å². The van der Waals surface area contributed by atoms with Crippen molar-refractivity contribution in [1.82, 2.24) is 25.2 Å². The van der Waals surface area contributed by atoms with Gasteiger partial charge in [-0.1, -0.05) is 36.4 Å². The summed E-state index contributed by atoms with van der Waals surface area (Å²) in [6, 6.07) is 13.9. The van der Waals surface area contributed by atoms with Crippen LogP contribution >= 0.6 is 0 Å². The zero-order valence-electron chi connectivity index (χ0n) is 15.3. The van der Waals surface area contributed by atoms with E-state index >= 15 is 0 Å². The van der Waals surface area contributed by atoms with E-state index in [1.165, 1.54) is 0 Å². The first-order valence-corrected chi connectivity index (χ1v) is 8.83. The molecule has 0 aliphatic carbocycles. The monoisotopic (exact) mass is 364 g/mol. The Morgan fingerprint density at radius 3 is 2.67 bits per heavy atom. The molecule has 0 radical (unpaired) electrons. The molecule has 1 unspecified atom stereocenters. The third-order valence-corrected chi connectivity index (χ3v) is 4.27. The predicted molar refractivity (Wildman–Crippen MR) is 106 cm³/mol. The van der Waals surface area contributed by atoms with E-state index in [9.17, 15) is 5.11 Å². The Balaban J connectivity index is 1.51. The Hall–Kier alpha value is -3.19. The highest BCUT2D eigenvalue weighted by molar-refractivity contribution is 5.79. The SMILES string of the molecule is CN=C(NCc1ccc(-n2ccnc2)nc1)NCC(CO)c1ccccc1. The molecule has 7 nitrogen and oxygen atoms in total. The average molecular weight is 364 g/mol. The minimum absolute atomic E-state index is 0.0147. The van der Waals surface area contributed by atoms with E-state index in [2.05, 4.69) is 25.6 Å². The lowest BCUT2D eigenvalue weighted by Crippen LogP contribution is -2.39. The fraction of sp³-hybridized carbons (Fsp3) is 0.250. The second kappa shape index (κ2) is 9.49. The van der Waals surface area contributed by atoms with Crippen LogP contribution in [0.15, 0.2) is 72.4 Å². The number of aromatic nitrogens is 3. The Kier molecular flexibility index (Phi) is 6.54. The van der Waals surface area contributed by atoms with Crippen molar-refractivity contribution in [3.05, 3.63) is 78.5 Å². The molecule has 2 heterocycles. The van der Waals surface area contributed by atoms with Crippen LogP contribution in [0.25, 0.3) is 5.82 Å². The van der Waals surface area contributed by atoms with Crippen molar-refractivity contribution in [2.75, 3.05) is 20.2 Å². The number of hydrogen-bond acceptors (Lipinski definition) is 4. The molecule has 0 aliphatic rings. The largest absolute Gasteiger partial charge is 0.396 e. The van der Waals surface area contributed by atoms with Crippen LogP contribution in [0.4, 0.5) is 0 Å². The molecule has 3 N–H and O–H groups in total. The Bertz CT molecular complexity index is 831. The van der Waals surface area contributed by atoms with Crippen LogP contribution in [0.3, 0.4) is 0 Å². The minimum Gasteiger partial charge on any atom is -0.396 e. The molecule has 140 valence electrons. The third-order valence-electron chi connectivity index (χ3n) is 4.27. The summed E-state index contributed by atoms with van der Waals surface area (Å²) in [7, 11) is 1.73. The molecule has 2 aromatic heterocycles. The average Bonchev–Trinajstić information content (AvgIpc) is 3.27. The molecule has 0 aliphatic heterocycles. The highest BCUT2D eigenvalue weighted by atomic mass is 16.3. The van der Waals surface area contributed by atoms with Crippen molar-refractivity contribution in [1.29, 1.82) is 0 Å². The number of hydrogen-bond donors (Lipinski definition) is 3. The molecule has 0 saturated heterocycles. The zero-order chi connectivity index (χ0) is 18.9. The van der Waals surface area contributed by atoms with E-state index in [0.717, 1.165) is 16.9 Å². The lowest BCUT2D eigenvalue weighted by Gasteiger charge is -2.18. The number of imidazole rings is 1. The molecule has 3 aromatic rings. The maximum Gasteiger partial charge on any atom is 0.191 e. The normalized spacial score (nSPS) is 12.6. The molecule has 0 bridgehead atoms. The van der Waals surface area contributed by atoms with Crippen LogP contribution in [-0.4, -0.2) is 45.8 Å². The number of aliphatic hydroxyl groups is 1. The van der Waals surface area contributed by atoms with Crippen LogP contribution in [-0.2, 0) is 6.54 Å². The topological polar surface area (TPSA) is 87.4 Å². The Morgan fingerprint density at radius 2 is 2.04 bits per heavy atom. The summed E-state index contributed by atoms with van der Waals surface area (Å²) in [5.74, 6) is 1.52. The van der Waals surface area contributed by atoms with Gasteiger partial charge < -0.3 is 15.7 Å². The van der Waals surface area contributed by atoms with Gasteiger partial charge in [0, 0.05) is 44.6 Å². The van der Waals surface area contributed by atoms with Crippen molar-refractivity contribution < 1.29 is 5.11 Å². The first-order valence-electron chi connectivity index (χ1n) is 8.83. The molecule has 0 spiro atoms. The van der Waals surface area contributed by atoms with E-state index in [-0.39, 0.29) is 12.5 Å². The third kappa shape index (κ3) is 5.15. The first kappa shape index (κ1) is 18.6. The minimum atomic E-state index is 0.0147. The van der Waals surface area contributed by atoms with Crippen molar-refractivity contribution in [3.63, 3.8) is 0 Å². The van der Waals surface area contributed by atoms with Crippen LogP contribution in [0.1, 0.15) is 17.0 Å². The molecule has 7 heteroatoms. The van der Waals surface area contributed by atoms with Gasteiger partial charge >= 0.3 is 0 Å². The number of pyridine rings is 1. The summed E-state index contributed by atoms with van der Waals surface area (Å²) >= 11 is 0. The molecule has 27 heavy (non-hydrogen) atoms. The van der Waals surface area contributed by atoms with Crippen LogP contribution in [0.5, 0.6) is 0 Å². The molecule has 3 rings (SSSR count). The number of aliphatic imine (C=N–C) groups is 1. The van der Waals surface area contributed by atoms with E-state index in [1.54, 1.807) is 19.6 Å². The van der Waals surface area contributed by atoms with Gasteiger partial charge in [-0.25, -0.2) is 9.97 Å². The van der Waals surface area contributed by atoms with Gasteiger partial charge in [0.25, 0.3) is 0 Å². The number of nitrogens with one attached hydrogen (secondary N) is 2. The number of nitrogens with zero attached hydrogens (tertiary/aromatic N) is 4. The second-order valence-electron chi connectivity index (χ2n) is 6.09. The Labute approximate surface area is 158 Å². The smallest absolute Gasteiger partial charge is 0.191 e. The summed E-state index contributed by atoms with van der Waals surface area (Å²) in [5.41, 5.74) is 2.14. The maximum atomic E-state index is 9.66. The van der Waals surface area contributed by atoms with Gasteiger partial charge in [0.05, 0.1) is 6.61 Å². The van der Waals surface area contributed by atoms with E-state index in [0.29, 0.717) is 19.0 Å². The molecule has 1 aromatic carbocycles. The van der Waals surface area contributed by atoms with Crippen molar-refractivity contribution in [2.24, 2.45) is 4.99 Å². The highest BCUT2D eigenvalue weighted by Crippen LogP contribution is 2.13. The quantitative estimate of drug-likeness (QED) is 0.439. The Morgan fingerprint density at radius 1 is 1.19 bits per heavy atom. The van der Waals surface area contributed by atoms with Crippen LogP contribution in [0, 0.1) is 0 Å². The molecule has 0 saturated carbocycles. The van der Waals surface area contributed by atoms with Gasteiger partial charge in [-0.15, -0.1) is 0 Å². The van der Waals surface area contributed by atoms with Crippen molar-refractivity contribution in [2.45, 2.75) is 12.5 Å². The molecule has 0 amide bonds. The van der Waals surface area contributed by atoms with E-state index in [4.69, 9.17) is 0 Å². The highest BCUT2D eigenvalue weighted by Gasteiger charge is 2.10. The van der Waals surface area contributed by atoms with Gasteiger partial charge in [0.1, 0.15) is 12.1 Å². The van der Waals surface area contributed by atoms with Gasteiger partial charge in [0.15, 0.2) is 5.96 Å². The van der Waals surface area contributed by atoms with Gasteiger partial charge in [-0.05, 0) is 17.2 Å². The summed E-state index contributed by atoms with van der Waals surface area (Å²) in [5, 5.41) is 16.2. The van der Waals surface area contributed by atoms with Gasteiger partial charge in [0.2, 0.25) is 0 Å². The molecular weight excluding hydrogens is 340 g/mol. The molecule has 1 atom stereocenters. The summed E-state index contributed by atoms with van der Waals surface area (Å²) in [4.78, 5) is 12.7. The number of guanidine groups is 1. The molecule has 0 fully saturated rings. The van der Waals surface area contributed by atoms with E-state index in [1.807, 2.05) is 59.4 Å². The van der Waals surface area contributed by atoms with E-state index < -0.39 is 0 Å². The molecular formula is C20H24N6O. The number of rotatable bonds is 7. The lowest BCUT2D eigenvalue weighted by atomic mass is 10.0. The maximum absolute atomic E-state index is 9.66. The van der Waals surface area contributed by atoms with Crippen molar-refractivity contribution in [3.8, 4) is 5.82 Å². The first-order chi connectivity index (χ1) is 13.3. The number of benzene rings is 1. The second-order valence-corrected chi connectivity index (χ2v) is 6.09. The zero-order valence-corrected chi connectivity index (χ0v) is 15.3. The van der Waals surface area contributed by atoms with Gasteiger partial charge in [-0.3, -0.25) is 9.56 Å². The van der Waals surface area contributed by atoms with Crippen LogP contribution in [0.2, 0.25) is 0 Å². The lowest BCUT2D eigenvalue weighted by molar-refractivity contribution is 0.265. The standard InChI is InChI=1S/C20H24N6O/c1-21-20(25-13-18(14-27)17-5-3-2-4-6-17)24-12-16-7-8-19(23-11-16)26-10-9-22-15-26/h2-11,15,18,27H,12-14H2,1H3,(H2,21,24,25). The van der Waals surface area contributed by atoms with Crippen molar-refractivity contribution >= 4 is 5.96 Å². The number of aliphatic hydroxyl groups excluding tert-OH is 1.